The second kappa shape index (κ2) is 8.46. The summed E-state index contributed by atoms with van der Waals surface area (Å²) in [7, 11) is 2.05. The van der Waals surface area contributed by atoms with E-state index in [4.69, 9.17) is 13.9 Å². The highest BCUT2D eigenvalue weighted by molar-refractivity contribution is 5.99. The van der Waals surface area contributed by atoms with Crippen LogP contribution in [0.1, 0.15) is 16.1 Å². The van der Waals surface area contributed by atoms with Gasteiger partial charge in [0.15, 0.2) is 5.76 Å². The van der Waals surface area contributed by atoms with Gasteiger partial charge in [0.05, 0.1) is 12.7 Å². The summed E-state index contributed by atoms with van der Waals surface area (Å²) >= 11 is 0. The van der Waals surface area contributed by atoms with E-state index in [0.717, 1.165) is 29.8 Å². The zero-order valence-electron chi connectivity index (χ0n) is 15.9. The second-order valence-corrected chi connectivity index (χ2v) is 6.97. The average Bonchev–Trinajstić information content (AvgIpc) is 3.10. The maximum atomic E-state index is 12.8. The molecule has 1 aromatic heterocycles. The van der Waals surface area contributed by atoms with E-state index >= 15 is 0 Å². The van der Waals surface area contributed by atoms with Gasteiger partial charge < -0.3 is 24.1 Å². The Balaban J connectivity index is 1.51. The van der Waals surface area contributed by atoms with Crippen molar-refractivity contribution in [3.63, 3.8) is 0 Å². The molecule has 6 nitrogen and oxygen atoms in total. The predicted molar refractivity (Wildman–Crippen MR) is 107 cm³/mol. The van der Waals surface area contributed by atoms with Gasteiger partial charge in [0, 0.05) is 30.6 Å². The first-order chi connectivity index (χ1) is 13.7. The van der Waals surface area contributed by atoms with Crippen LogP contribution in [-0.2, 0) is 11.3 Å². The maximum Gasteiger partial charge on any atom is 0.287 e. The van der Waals surface area contributed by atoms with Crippen molar-refractivity contribution in [2.45, 2.75) is 12.7 Å². The van der Waals surface area contributed by atoms with E-state index in [1.165, 1.54) is 0 Å². The number of likely N-dealkylation sites (N-methyl/N-ethyl adjacent to an activating group) is 1. The quantitative estimate of drug-likeness (QED) is 0.712. The van der Waals surface area contributed by atoms with Crippen LogP contribution >= 0.6 is 0 Å². The predicted octanol–water partition coefficient (Wildman–Crippen LogP) is 3.07. The normalized spacial score (nSPS) is 17.5. The van der Waals surface area contributed by atoms with Crippen LogP contribution in [0.3, 0.4) is 0 Å². The van der Waals surface area contributed by atoms with E-state index in [9.17, 15) is 4.79 Å². The number of benzene rings is 2. The van der Waals surface area contributed by atoms with Crippen LogP contribution < -0.4 is 10.1 Å². The Bertz CT molecular complexity index is 938. The van der Waals surface area contributed by atoms with E-state index in [1.54, 1.807) is 0 Å². The van der Waals surface area contributed by atoms with Crippen LogP contribution in [0.25, 0.3) is 11.0 Å². The number of para-hydroxylation sites is 2. The zero-order valence-corrected chi connectivity index (χ0v) is 15.9. The molecule has 4 rings (SSSR count). The van der Waals surface area contributed by atoms with E-state index in [2.05, 4.69) is 17.3 Å². The van der Waals surface area contributed by atoms with E-state index in [1.807, 2.05) is 54.6 Å². The van der Waals surface area contributed by atoms with Crippen molar-refractivity contribution in [3.05, 3.63) is 65.9 Å². The number of rotatable bonds is 6. The number of hydrogen-bond donors (Lipinski definition) is 1. The summed E-state index contributed by atoms with van der Waals surface area (Å²) in [6, 6.07) is 17.2. The molecule has 0 aliphatic carbocycles. The third-order valence-electron chi connectivity index (χ3n) is 4.86. The zero-order chi connectivity index (χ0) is 19.3. The highest BCUT2D eigenvalue weighted by atomic mass is 16.5. The molecule has 0 bridgehead atoms. The van der Waals surface area contributed by atoms with Crippen molar-refractivity contribution in [3.8, 4) is 5.75 Å². The SMILES string of the molecule is CN1CCO[C@@H](CNC(=O)c2oc3ccccc3c2COc2ccccc2)C1. The van der Waals surface area contributed by atoms with Gasteiger partial charge in [0.1, 0.15) is 17.9 Å². The Kier molecular flexibility index (Phi) is 5.60. The van der Waals surface area contributed by atoms with Crippen molar-refractivity contribution in [1.82, 2.24) is 10.2 Å². The van der Waals surface area contributed by atoms with Crippen LogP contribution in [0, 0.1) is 0 Å². The fourth-order valence-corrected chi connectivity index (χ4v) is 3.37. The van der Waals surface area contributed by atoms with Crippen molar-refractivity contribution in [2.75, 3.05) is 33.3 Å². The molecule has 1 atom stereocenters. The minimum atomic E-state index is -0.250. The molecule has 1 amide bonds. The lowest BCUT2D eigenvalue weighted by molar-refractivity contribution is -0.0175. The molecule has 6 heteroatoms. The summed E-state index contributed by atoms with van der Waals surface area (Å²) in [5.41, 5.74) is 1.42. The smallest absolute Gasteiger partial charge is 0.287 e. The molecule has 1 aliphatic rings. The lowest BCUT2D eigenvalue weighted by atomic mass is 10.1. The molecular weight excluding hydrogens is 356 g/mol. The standard InChI is InChI=1S/C22H24N2O4/c1-24-11-12-26-17(14-24)13-23-22(25)21-19(15-27-16-7-3-2-4-8-16)18-9-5-6-10-20(18)28-21/h2-10,17H,11-15H2,1H3,(H,23,25)/t17-/m0/s1. The minimum Gasteiger partial charge on any atom is -0.489 e. The molecule has 0 spiro atoms. The maximum absolute atomic E-state index is 12.8. The number of amides is 1. The van der Waals surface area contributed by atoms with Crippen molar-refractivity contribution in [2.24, 2.45) is 0 Å². The molecule has 1 fully saturated rings. The van der Waals surface area contributed by atoms with Crippen molar-refractivity contribution < 1.29 is 18.7 Å². The Hall–Kier alpha value is -2.83. The summed E-state index contributed by atoms with van der Waals surface area (Å²) in [6.45, 7) is 3.09. The minimum absolute atomic E-state index is 0.0175. The van der Waals surface area contributed by atoms with Crippen molar-refractivity contribution >= 4 is 16.9 Å². The lowest BCUT2D eigenvalue weighted by Crippen LogP contribution is -2.46. The molecule has 0 unspecified atom stereocenters. The molecule has 2 aromatic carbocycles. The molecule has 1 N–H and O–H groups in total. The fraction of sp³-hybridized carbons (Fsp3) is 0.318. The first kappa shape index (κ1) is 18.5. The average molecular weight is 380 g/mol. The summed E-state index contributed by atoms with van der Waals surface area (Å²) in [5.74, 6) is 0.791. The number of nitrogens with one attached hydrogen (secondary N) is 1. The Morgan fingerprint density at radius 1 is 1.18 bits per heavy atom. The Morgan fingerprint density at radius 3 is 2.79 bits per heavy atom. The number of carbonyl (C=O) groups is 1. The molecule has 1 saturated heterocycles. The van der Waals surface area contributed by atoms with Gasteiger partial charge >= 0.3 is 0 Å². The summed E-state index contributed by atoms with van der Waals surface area (Å²) in [5, 5.41) is 3.84. The van der Waals surface area contributed by atoms with Crippen LogP contribution in [0.15, 0.2) is 59.0 Å². The molecule has 2 heterocycles. The largest absolute Gasteiger partial charge is 0.489 e. The summed E-state index contributed by atoms with van der Waals surface area (Å²) < 4.78 is 17.5. The van der Waals surface area contributed by atoms with E-state index in [0.29, 0.717) is 24.5 Å². The van der Waals surface area contributed by atoms with Gasteiger partial charge in [-0.05, 0) is 25.2 Å². The van der Waals surface area contributed by atoms with Gasteiger partial charge in [0.25, 0.3) is 5.91 Å². The summed E-state index contributed by atoms with van der Waals surface area (Å²) in [6.07, 6.45) is -0.0175. The second-order valence-electron chi connectivity index (χ2n) is 6.97. The molecular formula is C22H24N2O4. The first-order valence-corrected chi connectivity index (χ1v) is 9.47. The lowest BCUT2D eigenvalue weighted by Gasteiger charge is -2.30. The highest BCUT2D eigenvalue weighted by Gasteiger charge is 2.23. The number of hydrogen-bond acceptors (Lipinski definition) is 5. The topological polar surface area (TPSA) is 63.9 Å². The Labute approximate surface area is 164 Å². The third kappa shape index (κ3) is 4.18. The van der Waals surface area contributed by atoms with Gasteiger partial charge in [-0.2, -0.15) is 0 Å². The molecule has 0 saturated carbocycles. The number of fused-ring (bicyclic) bond motifs is 1. The number of nitrogens with zero attached hydrogens (tertiary/aromatic N) is 1. The van der Waals surface area contributed by atoms with Gasteiger partial charge in [-0.1, -0.05) is 36.4 Å². The van der Waals surface area contributed by atoms with Gasteiger partial charge in [-0.3, -0.25) is 4.79 Å². The first-order valence-electron chi connectivity index (χ1n) is 9.47. The fourth-order valence-electron chi connectivity index (χ4n) is 3.37. The number of ether oxygens (including phenoxy) is 2. The molecule has 3 aromatic rings. The summed E-state index contributed by atoms with van der Waals surface area (Å²) in [4.78, 5) is 15.0. The van der Waals surface area contributed by atoms with Crippen molar-refractivity contribution in [1.29, 1.82) is 0 Å². The van der Waals surface area contributed by atoms with E-state index in [-0.39, 0.29) is 18.6 Å². The van der Waals surface area contributed by atoms with Gasteiger partial charge in [-0.25, -0.2) is 0 Å². The van der Waals surface area contributed by atoms with E-state index < -0.39 is 0 Å². The number of carbonyl (C=O) groups excluding carboxylic acids is 1. The van der Waals surface area contributed by atoms with Crippen LogP contribution in [0.5, 0.6) is 5.75 Å². The molecule has 0 radical (unpaired) electrons. The third-order valence-corrected chi connectivity index (χ3v) is 4.86. The van der Waals surface area contributed by atoms with Gasteiger partial charge in [0.2, 0.25) is 0 Å². The molecule has 1 aliphatic heterocycles. The van der Waals surface area contributed by atoms with Crippen LogP contribution in [0.2, 0.25) is 0 Å². The monoisotopic (exact) mass is 380 g/mol. The highest BCUT2D eigenvalue weighted by Crippen LogP contribution is 2.27. The molecule has 146 valence electrons. The van der Waals surface area contributed by atoms with Crippen LogP contribution in [0.4, 0.5) is 0 Å². The van der Waals surface area contributed by atoms with Crippen LogP contribution in [-0.4, -0.2) is 50.2 Å². The Morgan fingerprint density at radius 2 is 1.96 bits per heavy atom. The number of furan rings is 1. The molecule has 28 heavy (non-hydrogen) atoms. The van der Waals surface area contributed by atoms with Gasteiger partial charge in [-0.15, -0.1) is 0 Å². The number of morpholine rings is 1.